The monoisotopic (exact) mass is 684 g/mol. The fraction of sp³-hybridized carbons (Fsp3) is 0.556. The molecule has 2 aromatic rings. The number of piperidine rings is 1. The van der Waals surface area contributed by atoms with Crippen molar-refractivity contribution in [3.8, 4) is 11.5 Å². The number of nitrogens with one attached hydrogen (secondary N) is 2. The molecule has 2 saturated heterocycles. The molecular weight excluding hydrogens is 636 g/mol. The number of carbonyl (C=O) groups is 4. The van der Waals surface area contributed by atoms with Gasteiger partial charge in [0.1, 0.15) is 29.6 Å². The maximum absolute atomic E-state index is 13.9. The Morgan fingerprint density at radius 2 is 1.54 bits per heavy atom. The van der Waals surface area contributed by atoms with Crippen molar-refractivity contribution in [2.75, 3.05) is 26.2 Å². The number of hydrogen-bond donors (Lipinski definition) is 4. The summed E-state index contributed by atoms with van der Waals surface area (Å²) < 4.78 is 5.93. The Kier molecular flexibility index (Phi) is 12.9. The third-order valence-corrected chi connectivity index (χ3v) is 9.93. The van der Waals surface area contributed by atoms with Crippen LogP contribution in [0.25, 0.3) is 0 Å². The molecule has 4 N–H and O–H groups in total. The summed E-state index contributed by atoms with van der Waals surface area (Å²) >= 11 is 0. The first-order valence-electron chi connectivity index (χ1n) is 17.0. The molecule has 3 aliphatic rings. The van der Waals surface area contributed by atoms with Crippen molar-refractivity contribution in [3.05, 3.63) is 59.7 Å². The lowest BCUT2D eigenvalue weighted by atomic mass is 9.79. The first-order chi connectivity index (χ1) is 22.6. The molecular formula is C36H49ClN4O7. The zero-order valence-corrected chi connectivity index (χ0v) is 28.6. The van der Waals surface area contributed by atoms with Crippen LogP contribution in [0.5, 0.6) is 11.5 Å². The van der Waals surface area contributed by atoms with Gasteiger partial charge in [-0.15, -0.1) is 12.4 Å². The van der Waals surface area contributed by atoms with Gasteiger partial charge in [-0.1, -0.05) is 51.2 Å². The van der Waals surface area contributed by atoms with E-state index in [4.69, 9.17) is 9.84 Å². The predicted octanol–water partition coefficient (Wildman–Crippen LogP) is 4.65. The summed E-state index contributed by atoms with van der Waals surface area (Å²) in [7, 11) is 0. The number of carbonyl (C=O) groups excluding carboxylic acids is 3. The molecule has 3 fully saturated rings. The number of halogens is 1. The number of amides is 3. The van der Waals surface area contributed by atoms with Crippen LogP contribution in [0.4, 0.5) is 0 Å². The lowest BCUT2D eigenvalue weighted by molar-refractivity contribution is -0.163. The van der Waals surface area contributed by atoms with Crippen LogP contribution < -0.4 is 15.4 Å². The van der Waals surface area contributed by atoms with E-state index in [9.17, 15) is 24.3 Å². The number of aliphatic hydroxyl groups is 1. The van der Waals surface area contributed by atoms with Gasteiger partial charge in [-0.05, 0) is 74.1 Å². The average Bonchev–Trinajstić information content (AvgIpc) is 3.28. The second-order valence-electron chi connectivity index (χ2n) is 13.4. The predicted molar refractivity (Wildman–Crippen MR) is 183 cm³/mol. The number of nitrogens with zero attached hydrogens (tertiary/aromatic N) is 2. The zero-order chi connectivity index (χ0) is 33.4. The van der Waals surface area contributed by atoms with E-state index in [1.54, 1.807) is 24.3 Å². The SMILES string of the molecule is CCCCN1C(=O)[C@@H](CC2(O)CCCCCC2)NC(=O)C12CCN(Cc1ccc(Oc3ccc(C(=O)NCC(=O)O)cc3)cc1)CC2.Cl. The molecule has 0 aromatic heterocycles. The Balaban J connectivity index is 0.00000520. The molecule has 0 radical (unpaired) electrons. The van der Waals surface area contributed by atoms with Crippen LogP contribution in [0.2, 0.25) is 0 Å². The molecule has 11 nitrogen and oxygen atoms in total. The van der Waals surface area contributed by atoms with Gasteiger partial charge in [-0.25, -0.2) is 0 Å². The Morgan fingerprint density at radius 1 is 0.938 bits per heavy atom. The van der Waals surface area contributed by atoms with Gasteiger partial charge in [0.25, 0.3) is 5.91 Å². The molecule has 1 spiro atoms. The minimum Gasteiger partial charge on any atom is -0.480 e. The van der Waals surface area contributed by atoms with Gasteiger partial charge >= 0.3 is 5.97 Å². The van der Waals surface area contributed by atoms with Crippen molar-refractivity contribution in [1.82, 2.24) is 20.4 Å². The number of carboxylic acids is 1. The molecule has 2 aromatic carbocycles. The number of likely N-dealkylation sites (tertiary alicyclic amines) is 1. The number of hydrogen-bond acceptors (Lipinski definition) is 7. The summed E-state index contributed by atoms with van der Waals surface area (Å²) in [6.45, 7) is 4.27. The highest BCUT2D eigenvalue weighted by Gasteiger charge is 2.54. The lowest BCUT2D eigenvalue weighted by Crippen LogP contribution is -2.73. The molecule has 0 bridgehead atoms. The highest BCUT2D eigenvalue weighted by Crippen LogP contribution is 2.37. The highest BCUT2D eigenvalue weighted by molar-refractivity contribution is 6.00. The number of carboxylic acid groups (broad SMARTS) is 1. The smallest absolute Gasteiger partial charge is 0.322 e. The van der Waals surface area contributed by atoms with E-state index in [0.717, 1.165) is 44.1 Å². The number of piperazine rings is 1. The molecule has 0 unspecified atom stereocenters. The average molecular weight is 685 g/mol. The molecule has 1 aliphatic carbocycles. The second kappa shape index (κ2) is 16.6. The van der Waals surface area contributed by atoms with E-state index in [-0.39, 0.29) is 24.2 Å². The minimum atomic E-state index is -1.11. The lowest BCUT2D eigenvalue weighted by Gasteiger charge is -2.52. The maximum Gasteiger partial charge on any atom is 0.322 e. The van der Waals surface area contributed by atoms with Crippen LogP contribution >= 0.6 is 12.4 Å². The number of benzene rings is 2. The molecule has 12 heteroatoms. The van der Waals surface area contributed by atoms with Crippen LogP contribution in [-0.4, -0.2) is 87.1 Å². The first kappa shape index (κ1) is 37.2. The zero-order valence-electron chi connectivity index (χ0n) is 27.7. The van der Waals surface area contributed by atoms with Crippen LogP contribution in [0.1, 0.15) is 93.5 Å². The van der Waals surface area contributed by atoms with E-state index >= 15 is 0 Å². The number of aliphatic carboxylic acids is 1. The summed E-state index contributed by atoms with van der Waals surface area (Å²) in [5.74, 6) is -0.510. The summed E-state index contributed by atoms with van der Waals surface area (Å²) in [5.41, 5.74) is -0.311. The van der Waals surface area contributed by atoms with Gasteiger partial charge in [0, 0.05) is 38.2 Å². The molecule has 3 amide bonds. The van der Waals surface area contributed by atoms with Crippen molar-refractivity contribution in [1.29, 1.82) is 0 Å². The van der Waals surface area contributed by atoms with Crippen LogP contribution in [0, 0.1) is 0 Å². The summed E-state index contributed by atoms with van der Waals surface area (Å²) in [5, 5.41) is 25.5. The van der Waals surface area contributed by atoms with E-state index in [1.807, 2.05) is 29.2 Å². The summed E-state index contributed by atoms with van der Waals surface area (Å²) in [4.78, 5) is 54.6. The Bertz CT molecular complexity index is 1400. The van der Waals surface area contributed by atoms with Crippen molar-refractivity contribution >= 4 is 36.1 Å². The topological polar surface area (TPSA) is 149 Å². The largest absolute Gasteiger partial charge is 0.480 e. The number of ether oxygens (including phenoxy) is 1. The van der Waals surface area contributed by atoms with Gasteiger partial charge in [-0.2, -0.15) is 0 Å². The molecule has 2 aliphatic heterocycles. The summed E-state index contributed by atoms with van der Waals surface area (Å²) in [6, 6.07) is 13.6. The van der Waals surface area contributed by atoms with Crippen molar-refractivity contribution in [3.63, 3.8) is 0 Å². The number of unbranched alkanes of at least 4 members (excludes halogenated alkanes) is 1. The van der Waals surface area contributed by atoms with Crippen LogP contribution in [0.15, 0.2) is 48.5 Å². The van der Waals surface area contributed by atoms with Crippen LogP contribution in [-0.2, 0) is 20.9 Å². The minimum absolute atomic E-state index is 0. The molecule has 2 heterocycles. The quantitative estimate of drug-likeness (QED) is 0.236. The first-order valence-corrected chi connectivity index (χ1v) is 17.0. The Hall–Kier alpha value is -3.67. The summed E-state index contributed by atoms with van der Waals surface area (Å²) in [6.07, 6.45) is 8.66. The third kappa shape index (κ3) is 9.06. The van der Waals surface area contributed by atoms with E-state index < -0.39 is 35.6 Å². The van der Waals surface area contributed by atoms with Gasteiger partial charge in [0.05, 0.1) is 5.60 Å². The fourth-order valence-electron chi connectivity index (χ4n) is 7.19. The molecule has 1 atom stereocenters. The van der Waals surface area contributed by atoms with E-state index in [0.29, 0.717) is 75.3 Å². The van der Waals surface area contributed by atoms with Gasteiger partial charge in [0.15, 0.2) is 0 Å². The maximum atomic E-state index is 13.9. The van der Waals surface area contributed by atoms with Crippen molar-refractivity contribution < 1.29 is 34.1 Å². The van der Waals surface area contributed by atoms with Crippen LogP contribution in [0.3, 0.4) is 0 Å². The Labute approximate surface area is 288 Å². The third-order valence-electron chi connectivity index (χ3n) is 9.93. The van der Waals surface area contributed by atoms with Gasteiger partial charge in [0.2, 0.25) is 11.8 Å². The van der Waals surface area contributed by atoms with E-state index in [2.05, 4.69) is 22.5 Å². The molecule has 1 saturated carbocycles. The van der Waals surface area contributed by atoms with Gasteiger partial charge < -0.3 is 30.5 Å². The normalized spacial score (nSPS) is 20.7. The highest BCUT2D eigenvalue weighted by atomic mass is 35.5. The van der Waals surface area contributed by atoms with Crippen molar-refractivity contribution in [2.45, 2.75) is 101 Å². The Morgan fingerprint density at radius 3 is 2.12 bits per heavy atom. The van der Waals surface area contributed by atoms with Crippen molar-refractivity contribution in [2.24, 2.45) is 0 Å². The van der Waals surface area contributed by atoms with E-state index in [1.165, 1.54) is 0 Å². The molecule has 48 heavy (non-hydrogen) atoms. The standard InChI is InChI=1S/C36H48N4O7.ClH/c1-2-3-20-40-33(44)30(23-35(46)16-6-4-5-7-17-35)38-34(45)36(40)18-21-39(22-19-36)25-26-8-12-28(13-9-26)47-29-14-10-27(11-15-29)32(43)37-24-31(41)42;/h8-15,30,46H,2-7,16-25H2,1H3,(H,37,43)(H,38,45)(H,41,42);1H/t30-;/m1./s1. The second-order valence-corrected chi connectivity index (χ2v) is 13.4. The fourth-order valence-corrected chi connectivity index (χ4v) is 7.19. The number of rotatable bonds is 12. The molecule has 5 rings (SSSR count). The molecule has 262 valence electrons. The van der Waals surface area contributed by atoms with Gasteiger partial charge in [-0.3, -0.25) is 24.1 Å².